The summed E-state index contributed by atoms with van der Waals surface area (Å²) in [6.45, 7) is 7.35. The van der Waals surface area contributed by atoms with E-state index in [4.69, 9.17) is 22.2 Å². The van der Waals surface area contributed by atoms with Crippen molar-refractivity contribution in [2.45, 2.75) is 32.5 Å². The lowest BCUT2D eigenvalue weighted by Gasteiger charge is -2.17. The first-order chi connectivity index (χ1) is 12.0. The highest BCUT2D eigenvalue weighted by atomic mass is 35.5. The Labute approximate surface area is 156 Å². The summed E-state index contributed by atoms with van der Waals surface area (Å²) in [5.41, 5.74) is 1.04. The van der Waals surface area contributed by atoms with Crippen LogP contribution in [0.1, 0.15) is 25.2 Å². The maximum atomic E-state index is 12.0. The normalized spacial score (nSPS) is 10.7. The number of nitrogens with zero attached hydrogens (tertiary/aromatic N) is 4. The second kappa shape index (κ2) is 8.96. The number of nitrogens with two attached hydrogens (primary N) is 1. The number of thioether (sulfide) groups is 1. The number of ether oxygens (including phenoxy) is 1. The summed E-state index contributed by atoms with van der Waals surface area (Å²) in [4.78, 5) is 13.8. The van der Waals surface area contributed by atoms with Gasteiger partial charge in [0.05, 0.1) is 10.8 Å². The van der Waals surface area contributed by atoms with Gasteiger partial charge in [0.1, 0.15) is 12.4 Å². The molecule has 136 valence electrons. The molecule has 0 spiro atoms. The van der Waals surface area contributed by atoms with E-state index in [2.05, 4.69) is 10.2 Å². The van der Waals surface area contributed by atoms with E-state index in [0.29, 0.717) is 34.8 Å². The van der Waals surface area contributed by atoms with Gasteiger partial charge in [-0.1, -0.05) is 29.4 Å². The Kier molecular flexibility index (Phi) is 6.95. The fourth-order valence-electron chi connectivity index (χ4n) is 2.16. The monoisotopic (exact) mass is 383 g/mol. The molecule has 9 heteroatoms. The molecule has 0 radical (unpaired) electrons. The molecule has 1 amide bonds. The zero-order valence-electron chi connectivity index (χ0n) is 14.5. The van der Waals surface area contributed by atoms with Gasteiger partial charge in [-0.15, -0.1) is 10.2 Å². The largest absolute Gasteiger partial charge is 0.484 e. The number of hydrogen-bond donors (Lipinski definition) is 1. The van der Waals surface area contributed by atoms with Crippen molar-refractivity contribution in [3.8, 4) is 5.75 Å². The predicted molar refractivity (Wildman–Crippen MR) is 99.3 cm³/mol. The van der Waals surface area contributed by atoms with Gasteiger partial charge in [-0.3, -0.25) is 4.79 Å². The Morgan fingerprint density at radius 3 is 2.76 bits per heavy atom. The Morgan fingerprint density at radius 1 is 1.36 bits per heavy atom. The van der Waals surface area contributed by atoms with E-state index in [1.807, 2.05) is 32.9 Å². The van der Waals surface area contributed by atoms with Gasteiger partial charge in [-0.25, -0.2) is 4.68 Å². The molecule has 1 aromatic heterocycles. The molecule has 0 saturated carbocycles. The number of aromatic nitrogens is 3. The fourth-order valence-corrected chi connectivity index (χ4v) is 3.11. The molecule has 0 aliphatic carbocycles. The topological polar surface area (TPSA) is 86.3 Å². The number of benzene rings is 1. The Morgan fingerprint density at radius 2 is 2.08 bits per heavy atom. The molecule has 25 heavy (non-hydrogen) atoms. The third kappa shape index (κ3) is 5.02. The standard InChI is InChI=1S/C16H22ClN5O2S/c1-4-21(5-2)15(23)10-25-16-20-19-14(22(16)18)9-24-13-8-11(3)6-7-12(13)17/h6-8H,4-5,9-10,18H2,1-3H3. The van der Waals surface area contributed by atoms with Crippen molar-refractivity contribution in [1.82, 2.24) is 19.8 Å². The highest BCUT2D eigenvalue weighted by molar-refractivity contribution is 7.99. The molecule has 2 aromatic rings. The number of hydrogen-bond acceptors (Lipinski definition) is 6. The number of carbonyl (C=O) groups is 1. The molecular formula is C16H22ClN5O2S. The van der Waals surface area contributed by atoms with Gasteiger partial charge in [-0.05, 0) is 38.5 Å². The van der Waals surface area contributed by atoms with E-state index in [-0.39, 0.29) is 18.3 Å². The minimum Gasteiger partial charge on any atom is -0.484 e. The van der Waals surface area contributed by atoms with E-state index in [0.717, 1.165) is 5.56 Å². The van der Waals surface area contributed by atoms with Crippen LogP contribution in [0.2, 0.25) is 5.02 Å². The van der Waals surface area contributed by atoms with E-state index in [1.54, 1.807) is 11.0 Å². The van der Waals surface area contributed by atoms with Crippen LogP contribution in [0.25, 0.3) is 0 Å². The van der Waals surface area contributed by atoms with Gasteiger partial charge < -0.3 is 15.5 Å². The molecule has 1 aromatic carbocycles. The van der Waals surface area contributed by atoms with Gasteiger partial charge in [-0.2, -0.15) is 0 Å². The lowest BCUT2D eigenvalue weighted by molar-refractivity contribution is -0.127. The maximum Gasteiger partial charge on any atom is 0.233 e. The summed E-state index contributed by atoms with van der Waals surface area (Å²) in [7, 11) is 0. The second-order valence-corrected chi connectivity index (χ2v) is 6.70. The van der Waals surface area contributed by atoms with Gasteiger partial charge >= 0.3 is 0 Å². The lowest BCUT2D eigenvalue weighted by Crippen LogP contribution is -2.32. The first-order valence-corrected chi connectivity index (χ1v) is 9.31. The number of halogens is 1. The molecule has 0 atom stereocenters. The van der Waals surface area contributed by atoms with Crippen LogP contribution < -0.4 is 10.6 Å². The van der Waals surface area contributed by atoms with Crippen LogP contribution in [-0.4, -0.2) is 44.5 Å². The SMILES string of the molecule is CCN(CC)C(=O)CSc1nnc(COc2cc(C)ccc2Cl)n1N. The molecule has 0 fully saturated rings. The van der Waals surface area contributed by atoms with E-state index in [1.165, 1.54) is 16.4 Å². The summed E-state index contributed by atoms with van der Waals surface area (Å²) in [5, 5.41) is 9.03. The highest BCUT2D eigenvalue weighted by Gasteiger charge is 2.15. The van der Waals surface area contributed by atoms with E-state index in [9.17, 15) is 4.79 Å². The summed E-state index contributed by atoms with van der Waals surface area (Å²) >= 11 is 7.36. The highest BCUT2D eigenvalue weighted by Crippen LogP contribution is 2.26. The predicted octanol–water partition coefficient (Wildman–Crippen LogP) is 2.49. The van der Waals surface area contributed by atoms with Gasteiger partial charge in [0.25, 0.3) is 0 Å². The Bertz CT molecular complexity index is 733. The summed E-state index contributed by atoms with van der Waals surface area (Å²) in [5.74, 6) is 7.32. The summed E-state index contributed by atoms with van der Waals surface area (Å²) in [6.07, 6.45) is 0. The number of amides is 1. The van der Waals surface area contributed by atoms with Crippen LogP contribution in [0.4, 0.5) is 0 Å². The van der Waals surface area contributed by atoms with E-state index < -0.39 is 0 Å². The number of nitrogen functional groups attached to an aromatic ring is 1. The number of carbonyl (C=O) groups excluding carboxylic acids is 1. The van der Waals surface area contributed by atoms with Crippen molar-refractivity contribution in [3.05, 3.63) is 34.6 Å². The number of rotatable bonds is 8. The van der Waals surface area contributed by atoms with E-state index >= 15 is 0 Å². The molecule has 2 N–H and O–H groups in total. The Hall–Kier alpha value is -1.93. The molecule has 0 aliphatic rings. The second-order valence-electron chi connectivity index (χ2n) is 5.35. The molecule has 7 nitrogen and oxygen atoms in total. The zero-order chi connectivity index (χ0) is 18.4. The minimum atomic E-state index is 0.0438. The molecular weight excluding hydrogens is 362 g/mol. The van der Waals surface area contributed by atoms with Crippen LogP contribution >= 0.6 is 23.4 Å². The lowest BCUT2D eigenvalue weighted by atomic mass is 10.2. The van der Waals surface area contributed by atoms with Crippen molar-refractivity contribution in [3.63, 3.8) is 0 Å². The first-order valence-electron chi connectivity index (χ1n) is 7.95. The third-order valence-corrected chi connectivity index (χ3v) is 4.86. The van der Waals surface area contributed by atoms with Crippen molar-refractivity contribution >= 4 is 29.3 Å². The van der Waals surface area contributed by atoms with Gasteiger partial charge in [0.2, 0.25) is 11.1 Å². The van der Waals surface area contributed by atoms with Crippen LogP contribution in [0.3, 0.4) is 0 Å². The fraction of sp³-hybridized carbons (Fsp3) is 0.438. The third-order valence-electron chi connectivity index (χ3n) is 3.62. The van der Waals surface area contributed by atoms with Gasteiger partial charge in [0.15, 0.2) is 5.82 Å². The summed E-state index contributed by atoms with van der Waals surface area (Å²) < 4.78 is 7.01. The quantitative estimate of drug-likeness (QED) is 0.556. The van der Waals surface area contributed by atoms with Crippen molar-refractivity contribution in [2.75, 3.05) is 24.7 Å². The molecule has 0 saturated heterocycles. The molecule has 0 aliphatic heterocycles. The van der Waals surface area contributed by atoms with Crippen LogP contribution in [-0.2, 0) is 11.4 Å². The van der Waals surface area contributed by atoms with Crippen molar-refractivity contribution in [2.24, 2.45) is 0 Å². The average molecular weight is 384 g/mol. The molecule has 0 bridgehead atoms. The summed E-state index contributed by atoms with van der Waals surface area (Å²) in [6, 6.07) is 5.53. The number of aryl methyl sites for hydroxylation is 1. The van der Waals surface area contributed by atoms with Crippen LogP contribution in [0.5, 0.6) is 5.75 Å². The van der Waals surface area contributed by atoms with Crippen molar-refractivity contribution in [1.29, 1.82) is 0 Å². The van der Waals surface area contributed by atoms with Gasteiger partial charge in [0, 0.05) is 13.1 Å². The maximum absolute atomic E-state index is 12.0. The van der Waals surface area contributed by atoms with Crippen molar-refractivity contribution < 1.29 is 9.53 Å². The smallest absolute Gasteiger partial charge is 0.233 e. The Balaban J connectivity index is 1.96. The minimum absolute atomic E-state index is 0.0438. The first kappa shape index (κ1) is 19.4. The average Bonchev–Trinajstić information content (AvgIpc) is 2.95. The molecule has 2 rings (SSSR count). The zero-order valence-corrected chi connectivity index (χ0v) is 16.1. The molecule has 0 unspecified atom stereocenters. The molecule has 1 heterocycles. The van der Waals surface area contributed by atoms with Crippen LogP contribution in [0, 0.1) is 6.92 Å². The van der Waals surface area contributed by atoms with Crippen LogP contribution in [0.15, 0.2) is 23.4 Å².